The van der Waals surface area contributed by atoms with E-state index in [1.54, 1.807) is 0 Å². The predicted molar refractivity (Wildman–Crippen MR) is 142 cm³/mol. The van der Waals surface area contributed by atoms with Crippen molar-refractivity contribution in [3.05, 3.63) is 0 Å². The van der Waals surface area contributed by atoms with Crippen LogP contribution < -0.4 is 0 Å². The Kier molecular flexibility index (Phi) is 7.45. The van der Waals surface area contributed by atoms with Gasteiger partial charge in [-0.1, -0.05) is 34.1 Å². The van der Waals surface area contributed by atoms with E-state index in [4.69, 9.17) is 4.74 Å². The van der Waals surface area contributed by atoms with Gasteiger partial charge in [0.1, 0.15) is 0 Å². The van der Waals surface area contributed by atoms with Crippen LogP contribution >= 0.6 is 0 Å². The number of carbonyl (C=O) groups is 1. The van der Waals surface area contributed by atoms with Crippen molar-refractivity contribution in [2.45, 2.75) is 104 Å². The average Bonchev–Trinajstić information content (AvgIpc) is 3.38. The summed E-state index contributed by atoms with van der Waals surface area (Å²) in [5, 5.41) is 22.3. The second kappa shape index (κ2) is 9.96. The molecular weight excluding hydrogens is 490 g/mol. The Balaban J connectivity index is 1.27. The highest BCUT2D eigenvalue weighted by Crippen LogP contribution is 2.69. The summed E-state index contributed by atoms with van der Waals surface area (Å²) in [5.74, 6) is 2.93. The van der Waals surface area contributed by atoms with Gasteiger partial charge in [0.25, 0.3) is 0 Å². The number of sulfonamides is 1. The highest BCUT2D eigenvalue weighted by Gasteiger charge is 2.64. The second-order valence-corrected chi connectivity index (χ2v) is 15.8. The van der Waals surface area contributed by atoms with Crippen molar-refractivity contribution in [1.29, 1.82) is 0 Å². The molecule has 5 fully saturated rings. The minimum absolute atomic E-state index is 0.0214. The van der Waals surface area contributed by atoms with E-state index in [0.717, 1.165) is 55.7 Å². The molecule has 4 saturated carbocycles. The Morgan fingerprint density at radius 1 is 1.05 bits per heavy atom. The number of hydrogen-bond donors (Lipinski definition) is 2. The first-order valence-corrected chi connectivity index (χ1v) is 16.6. The van der Waals surface area contributed by atoms with E-state index in [9.17, 15) is 23.4 Å². The van der Waals surface area contributed by atoms with Crippen molar-refractivity contribution in [3.63, 3.8) is 0 Å². The first-order chi connectivity index (χ1) is 17.4. The maximum absolute atomic E-state index is 12.4. The van der Waals surface area contributed by atoms with Gasteiger partial charge in [-0.25, -0.2) is 17.5 Å². The van der Waals surface area contributed by atoms with E-state index in [-0.39, 0.29) is 47.9 Å². The minimum Gasteiger partial charge on any atom is -0.449 e. The van der Waals surface area contributed by atoms with Crippen LogP contribution in [0.4, 0.5) is 4.79 Å². The summed E-state index contributed by atoms with van der Waals surface area (Å²) in [6, 6.07) is 0. The van der Waals surface area contributed by atoms with Crippen LogP contribution in [0.25, 0.3) is 0 Å². The number of carbonyl (C=O) groups excluding carboxylic acids is 1. The van der Waals surface area contributed by atoms with Gasteiger partial charge in [-0.15, -0.1) is 0 Å². The molecule has 0 radical (unpaired) electrons. The number of amides is 1. The monoisotopic (exact) mass is 539 g/mol. The Labute approximate surface area is 223 Å². The normalized spacial score (nSPS) is 47.6. The molecule has 1 aliphatic heterocycles. The topological polar surface area (TPSA) is 104 Å². The number of fused-ring (bicyclic) bond motifs is 5. The van der Waals surface area contributed by atoms with Crippen LogP contribution in [-0.4, -0.2) is 60.1 Å². The van der Waals surface area contributed by atoms with Crippen molar-refractivity contribution >= 4 is 16.1 Å². The summed E-state index contributed by atoms with van der Waals surface area (Å²) in [6.45, 7) is 9.88. The Bertz CT molecular complexity index is 971. The third kappa shape index (κ3) is 4.45. The molecule has 0 aromatic heterocycles. The molecule has 0 bridgehead atoms. The summed E-state index contributed by atoms with van der Waals surface area (Å²) >= 11 is 0. The molecule has 0 aromatic rings. The van der Waals surface area contributed by atoms with Gasteiger partial charge in [0.05, 0.1) is 24.6 Å². The quantitative estimate of drug-likeness (QED) is 0.520. The van der Waals surface area contributed by atoms with Crippen molar-refractivity contribution in [3.8, 4) is 0 Å². The van der Waals surface area contributed by atoms with E-state index in [1.165, 1.54) is 6.42 Å². The van der Waals surface area contributed by atoms with Crippen molar-refractivity contribution in [2.75, 3.05) is 18.9 Å². The summed E-state index contributed by atoms with van der Waals surface area (Å²) in [7, 11) is -3.50. The Morgan fingerprint density at radius 3 is 2.43 bits per heavy atom. The van der Waals surface area contributed by atoms with Crippen molar-refractivity contribution < 1.29 is 28.2 Å². The molecule has 37 heavy (non-hydrogen) atoms. The van der Waals surface area contributed by atoms with Gasteiger partial charge < -0.3 is 14.9 Å². The molecule has 0 unspecified atom stereocenters. The maximum Gasteiger partial charge on any atom is 0.423 e. The van der Waals surface area contributed by atoms with E-state index >= 15 is 0 Å². The lowest BCUT2D eigenvalue weighted by Gasteiger charge is -2.64. The van der Waals surface area contributed by atoms with Crippen LogP contribution in [0, 0.1) is 52.3 Å². The van der Waals surface area contributed by atoms with Crippen molar-refractivity contribution in [2.24, 2.45) is 52.3 Å². The zero-order valence-electron chi connectivity index (χ0n) is 23.3. The number of rotatable bonds is 5. The lowest BCUT2D eigenvalue weighted by atomic mass is 9.41. The molecular formula is C29H49NO6S. The van der Waals surface area contributed by atoms with Crippen LogP contribution in [0.3, 0.4) is 0 Å². The molecule has 5 aliphatic rings. The van der Waals surface area contributed by atoms with E-state index < -0.39 is 16.1 Å². The first kappa shape index (κ1) is 27.7. The third-order valence-corrected chi connectivity index (χ3v) is 14.1. The summed E-state index contributed by atoms with van der Waals surface area (Å²) < 4.78 is 30.3. The largest absolute Gasteiger partial charge is 0.449 e. The highest BCUT2D eigenvalue weighted by molar-refractivity contribution is 7.89. The molecule has 4 aliphatic carbocycles. The van der Waals surface area contributed by atoms with Gasteiger partial charge in [0.15, 0.2) is 0 Å². The highest BCUT2D eigenvalue weighted by atomic mass is 32.2. The molecule has 1 amide bonds. The lowest BCUT2D eigenvalue weighted by molar-refractivity contribution is -0.203. The SMILES string of the molecule is CC[C@H]1[C@@H](O)[C@@H]2[C@H](CC[C@]3(C)[C@@H]([C@H](C)CCOC(=O)N4CCCS4(=O)=O)CC[C@@H]23)[C@@]2(C)CC[C@@H](O)C[C@@H]12. The fourth-order valence-corrected chi connectivity index (χ4v) is 11.8. The van der Waals surface area contributed by atoms with Gasteiger partial charge >= 0.3 is 6.09 Å². The van der Waals surface area contributed by atoms with E-state index in [2.05, 4.69) is 27.7 Å². The van der Waals surface area contributed by atoms with Gasteiger partial charge in [-0.2, -0.15) is 0 Å². The fourth-order valence-electron chi connectivity index (χ4n) is 10.4. The van der Waals surface area contributed by atoms with Crippen LogP contribution in [0.5, 0.6) is 0 Å². The molecule has 2 N–H and O–H groups in total. The second-order valence-electron chi connectivity index (χ2n) is 13.7. The zero-order valence-corrected chi connectivity index (χ0v) is 24.1. The standard InChI is InChI=1S/C29H49NO6S/c1-5-20-24-17-19(31)9-12-29(24,4)23-10-13-28(3)21(7-8-22(28)25(23)26(20)32)18(2)11-15-36-27(33)30-14-6-16-37(30,34)35/h18-26,31-32H,5-17H2,1-4H3/t18-,19-,20-,21-,22+,23+,24+,25+,26-,28-,29-/m1/s1. The number of aliphatic hydroxyl groups excluding tert-OH is 2. The van der Waals surface area contributed by atoms with Crippen LogP contribution in [-0.2, 0) is 14.8 Å². The molecule has 5 rings (SSSR count). The molecule has 8 heteroatoms. The van der Waals surface area contributed by atoms with Crippen LogP contribution in [0.15, 0.2) is 0 Å². The lowest BCUT2D eigenvalue weighted by Crippen LogP contribution is -2.62. The Hall–Kier alpha value is -0.860. The van der Waals surface area contributed by atoms with Crippen LogP contribution in [0.1, 0.15) is 91.9 Å². The minimum atomic E-state index is -3.50. The first-order valence-electron chi connectivity index (χ1n) is 15.0. The zero-order chi connectivity index (χ0) is 26.8. The fraction of sp³-hybridized carbons (Fsp3) is 0.966. The molecule has 212 valence electrons. The van der Waals surface area contributed by atoms with Gasteiger partial charge in [0.2, 0.25) is 10.0 Å². The van der Waals surface area contributed by atoms with Gasteiger partial charge in [0, 0.05) is 6.54 Å². The molecule has 1 saturated heterocycles. The van der Waals surface area contributed by atoms with Gasteiger partial charge in [-0.05, 0) is 110 Å². The number of nitrogens with zero attached hydrogens (tertiary/aromatic N) is 1. The maximum atomic E-state index is 12.4. The average molecular weight is 540 g/mol. The molecule has 0 aromatic carbocycles. The number of aliphatic hydroxyl groups is 2. The molecule has 7 nitrogen and oxygen atoms in total. The predicted octanol–water partition coefficient (Wildman–Crippen LogP) is 4.81. The summed E-state index contributed by atoms with van der Waals surface area (Å²) in [4.78, 5) is 12.4. The summed E-state index contributed by atoms with van der Waals surface area (Å²) in [5.41, 5.74) is 0.373. The molecule has 11 atom stereocenters. The van der Waals surface area contributed by atoms with Gasteiger partial charge in [-0.3, -0.25) is 0 Å². The Morgan fingerprint density at radius 2 is 1.76 bits per heavy atom. The van der Waals surface area contributed by atoms with E-state index in [0.29, 0.717) is 41.9 Å². The van der Waals surface area contributed by atoms with E-state index in [1.807, 2.05) is 0 Å². The third-order valence-electron chi connectivity index (χ3n) is 12.3. The number of ether oxygens (including phenoxy) is 1. The molecule has 1 heterocycles. The molecule has 0 spiro atoms. The number of hydrogen-bond acceptors (Lipinski definition) is 6. The van der Waals surface area contributed by atoms with Crippen molar-refractivity contribution in [1.82, 2.24) is 4.31 Å². The van der Waals surface area contributed by atoms with Crippen LogP contribution in [0.2, 0.25) is 0 Å². The smallest absolute Gasteiger partial charge is 0.423 e. The summed E-state index contributed by atoms with van der Waals surface area (Å²) in [6.07, 6.45) is 8.37.